The number of hydrogen-bond acceptors (Lipinski definition) is 3. The minimum Gasteiger partial charge on any atom is -0.338 e. The molecule has 0 radical (unpaired) electrons. The molecule has 0 bridgehead atoms. The van der Waals surface area contributed by atoms with Gasteiger partial charge in [-0.05, 0) is 55.2 Å². The largest absolute Gasteiger partial charge is 0.338 e. The maximum absolute atomic E-state index is 13.7. The molecule has 1 heterocycles. The van der Waals surface area contributed by atoms with Gasteiger partial charge in [0.15, 0.2) is 0 Å². The maximum Gasteiger partial charge on any atom is 0.261 e. The summed E-state index contributed by atoms with van der Waals surface area (Å²) in [4.78, 5) is 14.2. The van der Waals surface area contributed by atoms with Crippen LogP contribution in [0, 0.1) is 17.6 Å². The van der Waals surface area contributed by atoms with Crippen LogP contribution in [0.4, 0.5) is 14.5 Å². The number of nitrogens with zero attached hydrogens (tertiary/aromatic N) is 1. The molecule has 1 aliphatic heterocycles. The van der Waals surface area contributed by atoms with Gasteiger partial charge in [0.1, 0.15) is 11.6 Å². The summed E-state index contributed by atoms with van der Waals surface area (Å²) in [6.45, 7) is 3.47. The first-order valence-electron chi connectivity index (χ1n) is 8.63. The number of hydrogen-bond donors (Lipinski definition) is 1. The van der Waals surface area contributed by atoms with Gasteiger partial charge in [0.05, 0.1) is 10.6 Å². The van der Waals surface area contributed by atoms with Crippen molar-refractivity contribution in [3.05, 3.63) is 59.7 Å². The first-order valence-corrected chi connectivity index (χ1v) is 10.1. The van der Waals surface area contributed by atoms with Gasteiger partial charge in [0.25, 0.3) is 15.9 Å². The van der Waals surface area contributed by atoms with E-state index < -0.39 is 21.7 Å². The highest BCUT2D eigenvalue weighted by atomic mass is 32.2. The zero-order valence-corrected chi connectivity index (χ0v) is 15.6. The SMILES string of the molecule is CC1CCCN(C(=O)c2ccc(S(=O)(=O)Nc3ccc(F)cc3F)cc2)C1. The average Bonchev–Trinajstić information content (AvgIpc) is 2.63. The first kappa shape index (κ1) is 19.3. The van der Waals surface area contributed by atoms with Gasteiger partial charge >= 0.3 is 0 Å². The summed E-state index contributed by atoms with van der Waals surface area (Å²) < 4.78 is 53.5. The minimum absolute atomic E-state index is 0.116. The molecule has 1 aliphatic rings. The molecule has 144 valence electrons. The molecule has 1 saturated heterocycles. The second-order valence-corrected chi connectivity index (χ2v) is 8.44. The summed E-state index contributed by atoms with van der Waals surface area (Å²) in [7, 11) is -4.06. The van der Waals surface area contributed by atoms with Crippen LogP contribution in [0.2, 0.25) is 0 Å². The number of amides is 1. The lowest BCUT2D eigenvalue weighted by Crippen LogP contribution is -2.39. The number of halogens is 2. The van der Waals surface area contributed by atoms with Crippen LogP contribution < -0.4 is 4.72 Å². The van der Waals surface area contributed by atoms with Crippen LogP contribution in [0.5, 0.6) is 0 Å². The molecule has 2 aromatic carbocycles. The number of carbonyl (C=O) groups excluding carboxylic acids is 1. The highest BCUT2D eigenvalue weighted by Gasteiger charge is 2.23. The van der Waals surface area contributed by atoms with Crippen molar-refractivity contribution in [3.8, 4) is 0 Å². The van der Waals surface area contributed by atoms with Crippen molar-refractivity contribution in [1.29, 1.82) is 0 Å². The third kappa shape index (κ3) is 4.44. The number of rotatable bonds is 4. The number of anilines is 1. The maximum atomic E-state index is 13.7. The van der Waals surface area contributed by atoms with E-state index in [1.54, 1.807) is 4.90 Å². The summed E-state index contributed by atoms with van der Waals surface area (Å²) in [6.07, 6.45) is 2.04. The molecule has 0 spiro atoms. The molecule has 1 atom stereocenters. The van der Waals surface area contributed by atoms with Crippen molar-refractivity contribution in [1.82, 2.24) is 4.90 Å². The van der Waals surface area contributed by atoms with Gasteiger partial charge in [-0.15, -0.1) is 0 Å². The zero-order valence-electron chi connectivity index (χ0n) is 14.8. The topological polar surface area (TPSA) is 66.5 Å². The second-order valence-electron chi connectivity index (χ2n) is 6.75. The molecule has 1 amide bonds. The summed E-state index contributed by atoms with van der Waals surface area (Å²) >= 11 is 0. The third-order valence-electron chi connectivity index (χ3n) is 4.53. The Kier molecular flexibility index (Phi) is 5.46. The van der Waals surface area contributed by atoms with E-state index in [1.165, 1.54) is 24.3 Å². The predicted molar refractivity (Wildman–Crippen MR) is 97.9 cm³/mol. The van der Waals surface area contributed by atoms with E-state index in [2.05, 4.69) is 11.6 Å². The van der Waals surface area contributed by atoms with E-state index in [0.29, 0.717) is 30.6 Å². The molecular weight excluding hydrogens is 374 g/mol. The van der Waals surface area contributed by atoms with E-state index in [4.69, 9.17) is 0 Å². The molecule has 2 aromatic rings. The zero-order chi connectivity index (χ0) is 19.6. The highest BCUT2D eigenvalue weighted by molar-refractivity contribution is 7.92. The van der Waals surface area contributed by atoms with Crippen LogP contribution in [0.1, 0.15) is 30.1 Å². The summed E-state index contributed by atoms with van der Waals surface area (Å²) in [6, 6.07) is 8.04. The van der Waals surface area contributed by atoms with E-state index in [9.17, 15) is 22.0 Å². The smallest absolute Gasteiger partial charge is 0.261 e. The van der Waals surface area contributed by atoms with Crippen molar-refractivity contribution in [2.45, 2.75) is 24.7 Å². The summed E-state index contributed by atoms with van der Waals surface area (Å²) in [5.74, 6) is -1.50. The van der Waals surface area contributed by atoms with Gasteiger partial charge in [0.2, 0.25) is 0 Å². The lowest BCUT2D eigenvalue weighted by atomic mass is 9.99. The number of likely N-dealkylation sites (tertiary alicyclic amines) is 1. The van der Waals surface area contributed by atoms with Crippen LogP contribution >= 0.6 is 0 Å². The van der Waals surface area contributed by atoms with Crippen molar-refractivity contribution < 1.29 is 22.0 Å². The van der Waals surface area contributed by atoms with Gasteiger partial charge in [-0.2, -0.15) is 0 Å². The van der Waals surface area contributed by atoms with Gasteiger partial charge in [-0.1, -0.05) is 6.92 Å². The Morgan fingerprint density at radius 3 is 2.48 bits per heavy atom. The Morgan fingerprint density at radius 1 is 1.15 bits per heavy atom. The quantitative estimate of drug-likeness (QED) is 0.861. The standard InChI is InChI=1S/C19H20F2N2O3S/c1-13-3-2-10-23(12-13)19(24)14-4-7-16(8-5-14)27(25,26)22-18-9-6-15(20)11-17(18)21/h4-9,11,13,22H,2-3,10,12H2,1H3. The molecular formula is C19H20F2N2O3S. The van der Waals surface area contributed by atoms with Gasteiger partial charge in [-0.3, -0.25) is 9.52 Å². The number of nitrogens with one attached hydrogen (secondary N) is 1. The molecule has 1 N–H and O–H groups in total. The highest BCUT2D eigenvalue weighted by Crippen LogP contribution is 2.22. The molecule has 8 heteroatoms. The Morgan fingerprint density at radius 2 is 1.85 bits per heavy atom. The second kappa shape index (κ2) is 7.64. The monoisotopic (exact) mass is 394 g/mol. The molecule has 1 fully saturated rings. The molecule has 0 aromatic heterocycles. The molecule has 1 unspecified atom stereocenters. The van der Waals surface area contributed by atoms with E-state index >= 15 is 0 Å². The minimum atomic E-state index is -4.06. The van der Waals surface area contributed by atoms with Crippen molar-refractivity contribution in [3.63, 3.8) is 0 Å². The van der Waals surface area contributed by atoms with Gasteiger partial charge < -0.3 is 4.90 Å². The van der Waals surface area contributed by atoms with Gasteiger partial charge in [-0.25, -0.2) is 17.2 Å². The average molecular weight is 394 g/mol. The Hall–Kier alpha value is -2.48. The Labute approximate surface area is 157 Å². The molecule has 3 rings (SSSR count). The number of sulfonamides is 1. The van der Waals surface area contributed by atoms with E-state index in [-0.39, 0.29) is 16.5 Å². The first-order chi connectivity index (χ1) is 12.8. The van der Waals surface area contributed by atoms with Crippen LogP contribution in [-0.2, 0) is 10.0 Å². The van der Waals surface area contributed by atoms with Crippen molar-refractivity contribution >= 4 is 21.6 Å². The molecule has 27 heavy (non-hydrogen) atoms. The third-order valence-corrected chi connectivity index (χ3v) is 5.91. The van der Waals surface area contributed by atoms with Crippen molar-refractivity contribution in [2.24, 2.45) is 5.92 Å². The normalized spacial score (nSPS) is 17.6. The summed E-state index contributed by atoms with van der Waals surface area (Å²) in [5.41, 5.74) is 0.0508. The van der Waals surface area contributed by atoms with Crippen LogP contribution in [0.25, 0.3) is 0 Å². The fourth-order valence-corrected chi connectivity index (χ4v) is 4.18. The van der Waals surface area contributed by atoms with Crippen LogP contribution in [-0.4, -0.2) is 32.3 Å². The number of benzene rings is 2. The molecule has 0 aliphatic carbocycles. The lowest BCUT2D eigenvalue weighted by molar-refractivity contribution is 0.0683. The van der Waals surface area contributed by atoms with E-state index in [1.807, 2.05) is 0 Å². The van der Waals surface area contributed by atoms with E-state index in [0.717, 1.165) is 25.0 Å². The number of carbonyl (C=O) groups is 1. The van der Waals surface area contributed by atoms with Gasteiger partial charge in [0, 0.05) is 24.7 Å². The Balaban J connectivity index is 1.76. The van der Waals surface area contributed by atoms with Crippen molar-refractivity contribution in [2.75, 3.05) is 17.8 Å². The Bertz CT molecular complexity index is 946. The van der Waals surface area contributed by atoms with Crippen LogP contribution in [0.15, 0.2) is 47.4 Å². The lowest BCUT2D eigenvalue weighted by Gasteiger charge is -2.31. The fraction of sp³-hybridized carbons (Fsp3) is 0.316. The fourth-order valence-electron chi connectivity index (χ4n) is 3.11. The summed E-state index contributed by atoms with van der Waals surface area (Å²) in [5, 5.41) is 0. The molecule has 0 saturated carbocycles. The molecule has 5 nitrogen and oxygen atoms in total. The predicted octanol–water partition coefficient (Wildman–Crippen LogP) is 3.64. The number of piperidine rings is 1. The van der Waals surface area contributed by atoms with Crippen LogP contribution in [0.3, 0.4) is 0 Å².